The van der Waals surface area contributed by atoms with Gasteiger partial charge in [0.2, 0.25) is 0 Å². The highest BCUT2D eigenvalue weighted by Crippen LogP contribution is 2.42. The second-order valence-electron chi connectivity index (χ2n) is 6.54. The molecule has 16 heavy (non-hydrogen) atoms. The fourth-order valence-corrected chi connectivity index (χ4v) is 3.40. The Morgan fingerprint density at radius 2 is 1.88 bits per heavy atom. The molecule has 0 radical (unpaired) electrons. The van der Waals surface area contributed by atoms with E-state index in [1.165, 1.54) is 19.4 Å². The summed E-state index contributed by atoms with van der Waals surface area (Å²) in [6, 6.07) is 1.48. The Morgan fingerprint density at radius 3 is 2.31 bits per heavy atom. The van der Waals surface area contributed by atoms with Gasteiger partial charge >= 0.3 is 0 Å². The predicted molar refractivity (Wildman–Crippen MR) is 62.5 cm³/mol. The summed E-state index contributed by atoms with van der Waals surface area (Å²) < 4.78 is 11.4. The lowest BCUT2D eigenvalue weighted by Gasteiger charge is -2.42. The van der Waals surface area contributed by atoms with Gasteiger partial charge in [-0.05, 0) is 39.5 Å². The Labute approximate surface area is 98.1 Å². The highest BCUT2D eigenvalue weighted by Gasteiger charge is 2.49. The molecule has 0 aromatic carbocycles. The molecule has 3 nitrogen and oxygen atoms in total. The molecule has 0 amide bonds. The molecule has 0 aromatic heterocycles. The van der Waals surface area contributed by atoms with Crippen LogP contribution in [0.5, 0.6) is 0 Å². The van der Waals surface area contributed by atoms with Crippen LogP contribution in [0.15, 0.2) is 0 Å². The molecule has 2 bridgehead atoms. The molecular formula is C13H23NO2. The molecule has 92 valence electrons. The maximum Gasteiger partial charge on any atom is 0.0645 e. The van der Waals surface area contributed by atoms with E-state index in [1.807, 2.05) is 0 Å². The molecule has 0 aromatic rings. The molecule has 1 aliphatic carbocycles. The second-order valence-corrected chi connectivity index (χ2v) is 6.54. The van der Waals surface area contributed by atoms with Crippen molar-refractivity contribution in [1.29, 1.82) is 0 Å². The van der Waals surface area contributed by atoms with Crippen molar-refractivity contribution < 1.29 is 9.47 Å². The average molecular weight is 225 g/mol. The number of ether oxygens (including phenoxy) is 2. The highest BCUT2D eigenvalue weighted by atomic mass is 16.5. The van der Waals surface area contributed by atoms with Gasteiger partial charge in [-0.25, -0.2) is 0 Å². The molecule has 1 saturated carbocycles. The quantitative estimate of drug-likeness (QED) is 0.713. The molecule has 3 fully saturated rings. The molecule has 3 heteroatoms. The van der Waals surface area contributed by atoms with Crippen molar-refractivity contribution in [3.8, 4) is 0 Å². The van der Waals surface area contributed by atoms with Crippen molar-refractivity contribution >= 4 is 0 Å². The minimum atomic E-state index is 0.0134. The number of hydrogen-bond acceptors (Lipinski definition) is 3. The van der Waals surface area contributed by atoms with E-state index in [2.05, 4.69) is 25.7 Å². The van der Waals surface area contributed by atoms with Crippen molar-refractivity contribution in [1.82, 2.24) is 4.90 Å². The number of nitrogens with zero attached hydrogens (tertiary/aromatic N) is 1. The maximum atomic E-state index is 6.15. The van der Waals surface area contributed by atoms with Gasteiger partial charge in [-0.2, -0.15) is 0 Å². The molecule has 3 atom stereocenters. The summed E-state index contributed by atoms with van der Waals surface area (Å²) >= 11 is 0. The summed E-state index contributed by atoms with van der Waals surface area (Å²) in [5, 5.41) is 0. The van der Waals surface area contributed by atoms with Crippen LogP contribution in [0, 0.1) is 5.92 Å². The van der Waals surface area contributed by atoms with Gasteiger partial charge in [0, 0.05) is 12.6 Å². The van der Waals surface area contributed by atoms with Crippen molar-refractivity contribution in [3.05, 3.63) is 0 Å². The smallest absolute Gasteiger partial charge is 0.0645 e. The number of fused-ring (bicyclic) bond motifs is 2. The van der Waals surface area contributed by atoms with E-state index < -0.39 is 0 Å². The van der Waals surface area contributed by atoms with Crippen LogP contribution in [0.3, 0.4) is 0 Å². The maximum absolute atomic E-state index is 6.15. The van der Waals surface area contributed by atoms with E-state index in [0.717, 1.165) is 25.2 Å². The van der Waals surface area contributed by atoms with Crippen LogP contribution < -0.4 is 0 Å². The molecule has 3 rings (SSSR count). The Morgan fingerprint density at radius 1 is 1.12 bits per heavy atom. The molecule has 0 N–H and O–H groups in total. The third-order valence-electron chi connectivity index (χ3n) is 4.11. The molecule has 2 saturated heterocycles. The standard InChI is InChI=1S/C13H23NO2/c1-13(2,3)16-12-5-10-4-9(12)6-14(10)11-7-15-8-11/h9-12H,4-8H2,1-3H3. The molecule has 0 spiro atoms. The van der Waals surface area contributed by atoms with Crippen LogP contribution in [0.1, 0.15) is 33.6 Å². The number of hydrogen-bond donors (Lipinski definition) is 0. The molecule has 2 heterocycles. The van der Waals surface area contributed by atoms with Gasteiger partial charge in [0.25, 0.3) is 0 Å². The fraction of sp³-hybridized carbons (Fsp3) is 1.00. The first kappa shape index (κ1) is 11.0. The monoisotopic (exact) mass is 225 g/mol. The molecule has 3 aliphatic rings. The van der Waals surface area contributed by atoms with E-state index in [9.17, 15) is 0 Å². The van der Waals surface area contributed by atoms with Crippen LogP contribution in [0.25, 0.3) is 0 Å². The van der Waals surface area contributed by atoms with Gasteiger partial charge in [-0.3, -0.25) is 4.90 Å². The third-order valence-corrected chi connectivity index (χ3v) is 4.11. The molecule has 2 aliphatic heterocycles. The van der Waals surface area contributed by atoms with Gasteiger partial charge in [-0.1, -0.05) is 0 Å². The van der Waals surface area contributed by atoms with Crippen LogP contribution in [0.2, 0.25) is 0 Å². The summed E-state index contributed by atoms with van der Waals surface area (Å²) in [6.07, 6.45) is 3.08. The second kappa shape index (κ2) is 3.69. The summed E-state index contributed by atoms with van der Waals surface area (Å²) in [4.78, 5) is 2.66. The highest BCUT2D eigenvalue weighted by molar-refractivity contribution is 5.02. The minimum Gasteiger partial charge on any atom is -0.378 e. The van der Waals surface area contributed by atoms with Gasteiger partial charge in [-0.15, -0.1) is 0 Å². The fourth-order valence-electron chi connectivity index (χ4n) is 3.40. The average Bonchev–Trinajstić information content (AvgIpc) is 2.56. The Balaban J connectivity index is 1.58. The van der Waals surface area contributed by atoms with Gasteiger partial charge in [0.15, 0.2) is 0 Å². The number of likely N-dealkylation sites (tertiary alicyclic amines) is 1. The van der Waals surface area contributed by atoms with Crippen LogP contribution in [-0.4, -0.2) is 48.4 Å². The van der Waals surface area contributed by atoms with Gasteiger partial charge < -0.3 is 9.47 Å². The van der Waals surface area contributed by atoms with Crippen LogP contribution in [-0.2, 0) is 9.47 Å². The first-order chi connectivity index (χ1) is 7.53. The van der Waals surface area contributed by atoms with Crippen molar-refractivity contribution in [2.24, 2.45) is 5.92 Å². The lowest BCUT2D eigenvalue weighted by atomic mass is 10.0. The van der Waals surface area contributed by atoms with Crippen LogP contribution >= 0.6 is 0 Å². The zero-order valence-electron chi connectivity index (χ0n) is 10.6. The molecule has 3 unspecified atom stereocenters. The topological polar surface area (TPSA) is 21.7 Å². The molecular weight excluding hydrogens is 202 g/mol. The summed E-state index contributed by atoms with van der Waals surface area (Å²) in [7, 11) is 0. The first-order valence-corrected chi connectivity index (χ1v) is 6.54. The Hall–Kier alpha value is -0.120. The SMILES string of the molecule is CC(C)(C)OC1CC2CC1CN2C1COC1. The van der Waals surface area contributed by atoms with Gasteiger partial charge in [0.05, 0.1) is 31.0 Å². The normalized spacial score (nSPS) is 40.3. The van der Waals surface area contributed by atoms with E-state index in [-0.39, 0.29) is 5.60 Å². The van der Waals surface area contributed by atoms with E-state index in [4.69, 9.17) is 9.47 Å². The lowest BCUT2D eigenvalue weighted by molar-refractivity contribution is -0.115. The van der Waals surface area contributed by atoms with E-state index in [1.54, 1.807) is 0 Å². The van der Waals surface area contributed by atoms with Crippen molar-refractivity contribution in [2.45, 2.75) is 57.4 Å². The largest absolute Gasteiger partial charge is 0.378 e. The van der Waals surface area contributed by atoms with Crippen LogP contribution in [0.4, 0.5) is 0 Å². The zero-order chi connectivity index (χ0) is 11.3. The van der Waals surface area contributed by atoms with Crippen molar-refractivity contribution in [2.75, 3.05) is 19.8 Å². The predicted octanol–water partition coefficient (Wildman–Crippen LogP) is 1.66. The van der Waals surface area contributed by atoms with Gasteiger partial charge in [0.1, 0.15) is 0 Å². The lowest BCUT2D eigenvalue weighted by Crippen LogP contribution is -2.54. The van der Waals surface area contributed by atoms with Crippen molar-refractivity contribution in [3.63, 3.8) is 0 Å². The van der Waals surface area contributed by atoms with E-state index in [0.29, 0.717) is 12.1 Å². The van der Waals surface area contributed by atoms with E-state index >= 15 is 0 Å². The minimum absolute atomic E-state index is 0.0134. The summed E-state index contributed by atoms with van der Waals surface area (Å²) in [5.74, 6) is 0.768. The summed E-state index contributed by atoms with van der Waals surface area (Å²) in [6.45, 7) is 9.63. The Kier molecular flexibility index (Phi) is 2.54. The number of rotatable bonds is 2. The first-order valence-electron chi connectivity index (χ1n) is 6.54. The Bertz CT molecular complexity index is 270. The third kappa shape index (κ3) is 1.89. The summed E-state index contributed by atoms with van der Waals surface area (Å²) in [5.41, 5.74) is 0.0134. The zero-order valence-corrected chi connectivity index (χ0v) is 10.6. The number of piperidine rings is 1.